The second-order valence-corrected chi connectivity index (χ2v) is 7.07. The molecule has 0 radical (unpaired) electrons. The Morgan fingerprint density at radius 2 is 2.16 bits per heavy atom. The molecule has 126 valence electrons. The molecule has 0 aliphatic heterocycles. The van der Waals surface area contributed by atoms with E-state index in [2.05, 4.69) is 23.5 Å². The summed E-state index contributed by atoms with van der Waals surface area (Å²) >= 11 is 3.00. The number of carbonyl (C=O) groups excluding carboxylic acids is 1. The van der Waals surface area contributed by atoms with Crippen molar-refractivity contribution >= 4 is 38.8 Å². The van der Waals surface area contributed by atoms with Gasteiger partial charge >= 0.3 is 0 Å². The number of nitrogens with zero attached hydrogens (tertiary/aromatic N) is 1. The van der Waals surface area contributed by atoms with Gasteiger partial charge in [0.05, 0.1) is 22.3 Å². The van der Waals surface area contributed by atoms with E-state index < -0.39 is 0 Å². The van der Waals surface area contributed by atoms with E-state index in [-0.39, 0.29) is 5.91 Å². The van der Waals surface area contributed by atoms with Gasteiger partial charge < -0.3 is 10.1 Å². The summed E-state index contributed by atoms with van der Waals surface area (Å²) in [6.45, 7) is 7.78. The van der Waals surface area contributed by atoms with Crippen molar-refractivity contribution in [2.45, 2.75) is 6.54 Å². The van der Waals surface area contributed by atoms with E-state index in [0.29, 0.717) is 17.9 Å². The molecule has 1 amide bonds. The van der Waals surface area contributed by atoms with Gasteiger partial charge in [-0.25, -0.2) is 4.98 Å². The largest absolute Gasteiger partial charge is 0.447 e. The minimum absolute atomic E-state index is 0.107. The Morgan fingerprint density at radius 3 is 2.96 bits per heavy atom. The minimum atomic E-state index is -0.107. The van der Waals surface area contributed by atoms with Crippen molar-refractivity contribution in [2.24, 2.45) is 0 Å². The maximum atomic E-state index is 12.3. The number of carbonyl (C=O) groups is 1. The number of thiophene rings is 1. The van der Waals surface area contributed by atoms with Crippen LogP contribution >= 0.6 is 22.7 Å². The highest BCUT2D eigenvalue weighted by Crippen LogP contribution is 2.26. The molecule has 0 atom stereocenters. The van der Waals surface area contributed by atoms with Crippen LogP contribution in [0.15, 0.2) is 73.0 Å². The number of nitrogens with one attached hydrogen (secondary N) is 1. The van der Waals surface area contributed by atoms with E-state index in [9.17, 15) is 4.79 Å². The molecule has 0 aliphatic rings. The Labute approximate surface area is 153 Å². The lowest BCUT2D eigenvalue weighted by Gasteiger charge is -2.04. The molecule has 0 spiro atoms. The van der Waals surface area contributed by atoms with Crippen LogP contribution in [0.4, 0.5) is 0 Å². The highest BCUT2D eigenvalue weighted by molar-refractivity contribution is 7.16. The van der Waals surface area contributed by atoms with Crippen LogP contribution in [-0.2, 0) is 6.54 Å². The lowest BCUT2D eigenvalue weighted by Crippen LogP contribution is -2.22. The van der Waals surface area contributed by atoms with Gasteiger partial charge in [-0.15, -0.1) is 22.7 Å². The van der Waals surface area contributed by atoms with Crippen LogP contribution in [0.25, 0.3) is 10.2 Å². The van der Waals surface area contributed by atoms with Gasteiger partial charge in [0.2, 0.25) is 0 Å². The second kappa shape index (κ2) is 7.92. The van der Waals surface area contributed by atoms with E-state index in [1.807, 2.05) is 24.3 Å². The fraction of sp³-hybridized carbons (Fsp3) is 0.0526. The summed E-state index contributed by atoms with van der Waals surface area (Å²) in [5.74, 6) is 0.523. The standard InChI is InChI=1S/C19H16N2O2S2/c1-3-5-14(4-2)23-18-9-7-15(25-18)11-20-19(22)13-6-8-16-17(10-13)24-12-21-16/h3-10,12H,1-2,11H2,(H,20,22)/b14-5+. The van der Waals surface area contributed by atoms with E-state index in [4.69, 9.17) is 4.74 Å². The maximum Gasteiger partial charge on any atom is 0.251 e. The molecule has 4 nitrogen and oxygen atoms in total. The quantitative estimate of drug-likeness (QED) is 0.475. The number of fused-ring (bicyclic) bond motifs is 1. The Bertz CT molecular complexity index is 953. The van der Waals surface area contributed by atoms with Crippen LogP contribution < -0.4 is 10.1 Å². The number of amides is 1. The summed E-state index contributed by atoms with van der Waals surface area (Å²) in [7, 11) is 0. The van der Waals surface area contributed by atoms with Crippen molar-refractivity contribution < 1.29 is 9.53 Å². The third kappa shape index (κ3) is 4.23. The van der Waals surface area contributed by atoms with Crippen molar-refractivity contribution in [2.75, 3.05) is 0 Å². The molecule has 1 N–H and O–H groups in total. The number of hydrogen-bond acceptors (Lipinski definition) is 5. The van der Waals surface area contributed by atoms with Gasteiger partial charge in [0, 0.05) is 10.4 Å². The van der Waals surface area contributed by atoms with Gasteiger partial charge in [-0.1, -0.05) is 19.2 Å². The van der Waals surface area contributed by atoms with Crippen molar-refractivity contribution in [1.82, 2.24) is 10.3 Å². The SMILES string of the molecule is C=C/C=C(\C=C)Oc1ccc(CNC(=O)c2ccc3ncsc3c2)s1. The van der Waals surface area contributed by atoms with Crippen LogP contribution in [0.3, 0.4) is 0 Å². The molecule has 6 heteroatoms. The van der Waals surface area contributed by atoms with E-state index in [0.717, 1.165) is 20.2 Å². The fourth-order valence-electron chi connectivity index (χ4n) is 2.15. The number of hydrogen-bond donors (Lipinski definition) is 1. The van der Waals surface area contributed by atoms with Crippen molar-refractivity contribution in [3.8, 4) is 5.06 Å². The summed E-state index contributed by atoms with van der Waals surface area (Å²) in [6.07, 6.45) is 5.01. The zero-order valence-electron chi connectivity index (χ0n) is 13.4. The summed E-state index contributed by atoms with van der Waals surface area (Å²) in [4.78, 5) is 17.5. The highest BCUT2D eigenvalue weighted by atomic mass is 32.1. The number of rotatable bonds is 7. The summed E-state index contributed by atoms with van der Waals surface area (Å²) in [5, 5.41) is 3.67. The molecule has 2 heterocycles. The number of aromatic nitrogens is 1. The van der Waals surface area contributed by atoms with Crippen LogP contribution in [-0.4, -0.2) is 10.9 Å². The van der Waals surface area contributed by atoms with Gasteiger partial charge in [-0.3, -0.25) is 4.79 Å². The number of allylic oxidation sites excluding steroid dienone is 3. The summed E-state index contributed by atoms with van der Waals surface area (Å²) in [6, 6.07) is 9.32. The Hall–Kier alpha value is -2.70. The maximum absolute atomic E-state index is 12.3. The molecule has 0 bridgehead atoms. The van der Waals surface area contributed by atoms with Gasteiger partial charge in [-0.05, 0) is 42.5 Å². The molecule has 0 unspecified atom stereocenters. The zero-order valence-corrected chi connectivity index (χ0v) is 15.0. The lowest BCUT2D eigenvalue weighted by atomic mass is 10.2. The Kier molecular flexibility index (Phi) is 5.42. The number of benzene rings is 1. The lowest BCUT2D eigenvalue weighted by molar-refractivity contribution is 0.0951. The fourth-order valence-corrected chi connectivity index (χ4v) is 3.68. The second-order valence-electron chi connectivity index (χ2n) is 5.05. The summed E-state index contributed by atoms with van der Waals surface area (Å²) < 4.78 is 6.69. The predicted octanol–water partition coefficient (Wildman–Crippen LogP) is 4.92. The van der Waals surface area contributed by atoms with Gasteiger partial charge in [0.1, 0.15) is 5.76 Å². The van der Waals surface area contributed by atoms with Gasteiger partial charge in [0.25, 0.3) is 5.91 Å². The molecular weight excluding hydrogens is 352 g/mol. The van der Waals surface area contributed by atoms with Crippen LogP contribution in [0.1, 0.15) is 15.2 Å². The monoisotopic (exact) mass is 368 g/mol. The molecule has 0 fully saturated rings. The van der Waals surface area contributed by atoms with Crippen molar-refractivity contribution in [3.05, 3.63) is 83.4 Å². The molecule has 0 saturated carbocycles. The topological polar surface area (TPSA) is 51.2 Å². The zero-order chi connectivity index (χ0) is 17.6. The highest BCUT2D eigenvalue weighted by Gasteiger charge is 2.09. The van der Waals surface area contributed by atoms with Gasteiger partial charge in [-0.2, -0.15) is 0 Å². The molecule has 3 aromatic rings. The first-order valence-corrected chi connectivity index (χ1v) is 9.22. The Morgan fingerprint density at radius 1 is 1.28 bits per heavy atom. The molecule has 1 aromatic carbocycles. The molecule has 0 aliphatic carbocycles. The Balaban J connectivity index is 1.61. The third-order valence-electron chi connectivity index (χ3n) is 3.36. The first-order valence-electron chi connectivity index (χ1n) is 7.53. The first-order chi connectivity index (χ1) is 12.2. The van der Waals surface area contributed by atoms with E-state index >= 15 is 0 Å². The molecule has 0 saturated heterocycles. The van der Waals surface area contributed by atoms with Crippen LogP contribution in [0, 0.1) is 0 Å². The van der Waals surface area contributed by atoms with E-state index in [1.165, 1.54) is 22.7 Å². The van der Waals surface area contributed by atoms with Crippen molar-refractivity contribution in [3.63, 3.8) is 0 Å². The average molecular weight is 368 g/mol. The molecule has 2 aromatic heterocycles. The predicted molar refractivity (Wildman–Crippen MR) is 104 cm³/mol. The number of ether oxygens (including phenoxy) is 1. The van der Waals surface area contributed by atoms with Crippen LogP contribution in [0.5, 0.6) is 5.06 Å². The third-order valence-corrected chi connectivity index (χ3v) is 5.11. The molecule has 25 heavy (non-hydrogen) atoms. The first kappa shape index (κ1) is 17.1. The summed E-state index contributed by atoms with van der Waals surface area (Å²) in [5.41, 5.74) is 3.32. The molecule has 3 rings (SSSR count). The van der Waals surface area contributed by atoms with E-state index in [1.54, 1.807) is 29.8 Å². The van der Waals surface area contributed by atoms with Crippen molar-refractivity contribution in [1.29, 1.82) is 0 Å². The molecular formula is C19H16N2O2S2. The number of thiazole rings is 1. The van der Waals surface area contributed by atoms with Gasteiger partial charge in [0.15, 0.2) is 5.06 Å². The minimum Gasteiger partial charge on any atom is -0.447 e. The smallest absolute Gasteiger partial charge is 0.251 e. The average Bonchev–Trinajstić information content (AvgIpc) is 3.27. The normalized spacial score (nSPS) is 11.3. The van der Waals surface area contributed by atoms with Crippen LogP contribution in [0.2, 0.25) is 0 Å².